The number of nitrogens with one attached hydrogen (secondary N) is 1. The van der Waals surface area contributed by atoms with Crippen molar-refractivity contribution in [3.8, 4) is 0 Å². The molecule has 0 amide bonds. The first-order valence-electron chi connectivity index (χ1n) is 7.20. The predicted molar refractivity (Wildman–Crippen MR) is 81.8 cm³/mol. The maximum Gasteiger partial charge on any atom is 0.248 e. The molecule has 0 unspecified atom stereocenters. The zero-order valence-corrected chi connectivity index (χ0v) is 13.8. The Morgan fingerprint density at radius 1 is 1.10 bits per heavy atom. The Kier molecular flexibility index (Phi) is 5.92. The number of hydrogen-bond donors (Lipinski definition) is 1. The van der Waals surface area contributed by atoms with Gasteiger partial charge in [0.2, 0.25) is 15.0 Å². The molecule has 1 N–H and O–H groups in total. The minimum Gasteiger partial charge on any atom is -0.367 e. The quantitative estimate of drug-likeness (QED) is 0.869. The van der Waals surface area contributed by atoms with E-state index >= 15 is 0 Å². The molecule has 0 radical (unpaired) electrons. The second-order valence-corrected chi connectivity index (χ2v) is 6.87. The van der Waals surface area contributed by atoms with Crippen LogP contribution >= 0.6 is 0 Å². The highest BCUT2D eigenvalue weighted by Gasteiger charge is 2.20. The van der Waals surface area contributed by atoms with Crippen LogP contribution in [0.4, 0.5) is 5.82 Å². The summed E-state index contributed by atoms with van der Waals surface area (Å²) >= 11 is 0. The molecule has 1 aromatic rings. The molecular weight excluding hydrogens is 274 g/mol. The Morgan fingerprint density at radius 2 is 1.65 bits per heavy atom. The topological polar surface area (TPSA) is 72.0 Å². The molecule has 114 valence electrons. The van der Waals surface area contributed by atoms with Crippen molar-refractivity contribution < 1.29 is 8.42 Å². The Labute approximate surface area is 122 Å². The summed E-state index contributed by atoms with van der Waals surface area (Å²) in [5, 5.41) is 3.26. The zero-order chi connectivity index (χ0) is 15.3. The van der Waals surface area contributed by atoms with Gasteiger partial charge in [-0.1, -0.05) is 26.7 Å². The normalized spacial score (nSPS) is 15.7. The van der Waals surface area contributed by atoms with Crippen molar-refractivity contribution in [2.24, 2.45) is 0 Å². The summed E-state index contributed by atoms with van der Waals surface area (Å²) in [6.07, 6.45) is 5.82. The van der Waals surface area contributed by atoms with Crippen LogP contribution in [0.15, 0.2) is 5.16 Å². The molecule has 0 saturated heterocycles. The third-order valence-corrected chi connectivity index (χ3v) is 4.24. The highest BCUT2D eigenvalue weighted by atomic mass is 32.2. The second kappa shape index (κ2) is 7.02. The molecule has 20 heavy (non-hydrogen) atoms. The second-order valence-electron chi connectivity index (χ2n) is 4.96. The van der Waals surface area contributed by atoms with Gasteiger partial charge in [-0.15, -0.1) is 0 Å². The number of aryl methyl sites for hydroxylation is 1. The Hall–Kier alpha value is -1.17. The molecule has 6 heteroatoms. The number of hydrogen-bond acceptors (Lipinski definition) is 5. The molecule has 1 fully saturated rings. The van der Waals surface area contributed by atoms with Crippen molar-refractivity contribution in [2.75, 3.05) is 11.6 Å². The fourth-order valence-electron chi connectivity index (χ4n) is 2.17. The van der Waals surface area contributed by atoms with Gasteiger partial charge in [-0.05, 0) is 26.7 Å². The Bertz CT molecular complexity index is 550. The van der Waals surface area contributed by atoms with E-state index in [-0.39, 0.29) is 5.16 Å². The van der Waals surface area contributed by atoms with Gasteiger partial charge < -0.3 is 5.32 Å². The summed E-state index contributed by atoms with van der Waals surface area (Å²) in [6.45, 7) is 7.73. The average molecular weight is 299 g/mol. The summed E-state index contributed by atoms with van der Waals surface area (Å²) in [6, 6.07) is 0.408. The molecule has 0 aromatic carbocycles. The monoisotopic (exact) mass is 299 g/mol. The maximum atomic E-state index is 11.5. The maximum absolute atomic E-state index is 11.5. The molecule has 1 aliphatic carbocycles. The number of aromatic nitrogens is 2. The molecule has 2 rings (SSSR count). The van der Waals surface area contributed by atoms with Crippen molar-refractivity contribution in [1.29, 1.82) is 0 Å². The van der Waals surface area contributed by atoms with Crippen molar-refractivity contribution >= 4 is 15.7 Å². The number of nitrogens with zero attached hydrogens (tertiary/aromatic N) is 2. The average Bonchev–Trinajstić information content (AvgIpc) is 2.89. The summed E-state index contributed by atoms with van der Waals surface area (Å²) in [5.41, 5.74) is 1.64. The Balaban J connectivity index is 0.000000956. The molecule has 0 bridgehead atoms. The smallest absolute Gasteiger partial charge is 0.248 e. The van der Waals surface area contributed by atoms with Gasteiger partial charge in [-0.3, -0.25) is 0 Å². The van der Waals surface area contributed by atoms with Crippen LogP contribution in [0.1, 0.15) is 50.8 Å². The molecule has 0 spiro atoms. The van der Waals surface area contributed by atoms with E-state index in [1.54, 1.807) is 0 Å². The van der Waals surface area contributed by atoms with E-state index in [0.717, 1.165) is 24.7 Å². The minimum atomic E-state index is -3.36. The van der Waals surface area contributed by atoms with E-state index in [1.165, 1.54) is 12.8 Å². The summed E-state index contributed by atoms with van der Waals surface area (Å²) in [4.78, 5) is 8.20. The van der Waals surface area contributed by atoms with Crippen LogP contribution < -0.4 is 5.32 Å². The fourth-order valence-corrected chi connectivity index (χ4v) is 2.73. The van der Waals surface area contributed by atoms with Crippen LogP contribution in [-0.2, 0) is 9.84 Å². The Morgan fingerprint density at radius 3 is 2.15 bits per heavy atom. The van der Waals surface area contributed by atoms with Crippen molar-refractivity contribution in [2.45, 2.75) is 64.6 Å². The molecule has 5 nitrogen and oxygen atoms in total. The lowest BCUT2D eigenvalue weighted by molar-refractivity contribution is 0.591. The largest absolute Gasteiger partial charge is 0.367 e. The van der Waals surface area contributed by atoms with E-state index < -0.39 is 9.84 Å². The highest BCUT2D eigenvalue weighted by Crippen LogP contribution is 2.24. The molecular formula is C14H25N3O2S. The highest BCUT2D eigenvalue weighted by molar-refractivity contribution is 7.90. The van der Waals surface area contributed by atoms with Crippen LogP contribution in [0.5, 0.6) is 0 Å². The molecule has 1 heterocycles. The first kappa shape index (κ1) is 16.9. The van der Waals surface area contributed by atoms with Gasteiger partial charge in [0.05, 0.1) is 0 Å². The van der Waals surface area contributed by atoms with Crippen LogP contribution in [0, 0.1) is 13.8 Å². The SMILES string of the molecule is CC.Cc1nc(S(C)(=O)=O)nc(NC2CCCC2)c1C. The fraction of sp³-hybridized carbons (Fsp3) is 0.714. The van der Waals surface area contributed by atoms with Gasteiger partial charge in [0.15, 0.2) is 0 Å². The summed E-state index contributed by atoms with van der Waals surface area (Å²) < 4.78 is 23.1. The number of rotatable bonds is 3. The van der Waals surface area contributed by atoms with Gasteiger partial charge >= 0.3 is 0 Å². The van der Waals surface area contributed by atoms with Crippen molar-refractivity contribution in [1.82, 2.24) is 9.97 Å². The first-order valence-corrected chi connectivity index (χ1v) is 9.09. The molecule has 0 atom stereocenters. The predicted octanol–water partition coefficient (Wildman–Crippen LogP) is 2.88. The van der Waals surface area contributed by atoms with Gasteiger partial charge in [0.25, 0.3) is 0 Å². The summed E-state index contributed by atoms with van der Waals surface area (Å²) in [7, 11) is -3.36. The van der Waals surface area contributed by atoms with Crippen LogP contribution in [-0.4, -0.2) is 30.7 Å². The van der Waals surface area contributed by atoms with Crippen LogP contribution in [0.3, 0.4) is 0 Å². The summed E-state index contributed by atoms with van der Waals surface area (Å²) in [5.74, 6) is 0.662. The van der Waals surface area contributed by atoms with E-state index in [2.05, 4.69) is 15.3 Å². The van der Waals surface area contributed by atoms with Gasteiger partial charge in [0, 0.05) is 23.6 Å². The van der Waals surface area contributed by atoms with Crippen LogP contribution in [0.25, 0.3) is 0 Å². The third-order valence-electron chi connectivity index (χ3n) is 3.40. The standard InChI is InChI=1S/C12H19N3O2S.C2H6/c1-8-9(2)13-12(18(3,16)17)15-11(8)14-10-6-4-5-7-10;1-2/h10H,4-7H2,1-3H3,(H,13,14,15);1-2H3. The van der Waals surface area contributed by atoms with E-state index in [0.29, 0.717) is 17.6 Å². The van der Waals surface area contributed by atoms with E-state index in [1.807, 2.05) is 27.7 Å². The molecule has 0 aliphatic heterocycles. The lowest BCUT2D eigenvalue weighted by atomic mass is 10.2. The van der Waals surface area contributed by atoms with Crippen LogP contribution in [0.2, 0.25) is 0 Å². The van der Waals surface area contributed by atoms with Gasteiger partial charge in [0.1, 0.15) is 5.82 Å². The lowest BCUT2D eigenvalue weighted by Gasteiger charge is -2.16. The lowest BCUT2D eigenvalue weighted by Crippen LogP contribution is -2.19. The number of sulfone groups is 1. The van der Waals surface area contributed by atoms with Crippen molar-refractivity contribution in [3.63, 3.8) is 0 Å². The number of anilines is 1. The minimum absolute atomic E-state index is 0.0916. The van der Waals surface area contributed by atoms with Gasteiger partial charge in [-0.25, -0.2) is 18.4 Å². The molecule has 1 saturated carbocycles. The third kappa shape index (κ3) is 4.16. The first-order chi connectivity index (χ1) is 9.38. The van der Waals surface area contributed by atoms with Crippen molar-refractivity contribution in [3.05, 3.63) is 11.3 Å². The van der Waals surface area contributed by atoms with Gasteiger partial charge in [-0.2, -0.15) is 0 Å². The van der Waals surface area contributed by atoms with E-state index in [4.69, 9.17) is 0 Å². The van der Waals surface area contributed by atoms with E-state index in [9.17, 15) is 8.42 Å². The molecule has 1 aromatic heterocycles. The molecule has 1 aliphatic rings. The zero-order valence-electron chi connectivity index (χ0n) is 13.0.